The molecule has 0 radical (unpaired) electrons. The minimum Gasteiger partial charge on any atom is -0.497 e. The van der Waals surface area contributed by atoms with Crippen LogP contribution in [0.3, 0.4) is 0 Å². The van der Waals surface area contributed by atoms with Gasteiger partial charge in [-0.25, -0.2) is 0 Å². The average Bonchev–Trinajstić information content (AvgIpc) is 2.86. The van der Waals surface area contributed by atoms with Gasteiger partial charge in [-0.2, -0.15) is 0 Å². The van der Waals surface area contributed by atoms with E-state index >= 15 is 0 Å². The standard InChI is InChI=1S/C28H29N3O3/c1-3-19-7-9-20(10-8-19)15-16-30-27(32)24-17-23-25(29)5-4-6-26(23)31(28(24)33)18-21-11-13-22(34-2)14-12-21/h4-14,17H,3,15-16,18,29H2,1-2H3,(H,30,32). The van der Waals surface area contributed by atoms with Gasteiger partial charge >= 0.3 is 0 Å². The van der Waals surface area contributed by atoms with Crippen molar-refractivity contribution < 1.29 is 9.53 Å². The monoisotopic (exact) mass is 455 g/mol. The fourth-order valence-electron chi connectivity index (χ4n) is 4.01. The third-order valence-electron chi connectivity index (χ3n) is 6.05. The number of nitrogens with one attached hydrogen (secondary N) is 1. The van der Waals surface area contributed by atoms with Crippen molar-refractivity contribution in [1.82, 2.24) is 9.88 Å². The van der Waals surface area contributed by atoms with Crippen LogP contribution in [0.15, 0.2) is 77.6 Å². The number of pyridine rings is 1. The zero-order valence-electron chi connectivity index (χ0n) is 19.5. The fourth-order valence-corrected chi connectivity index (χ4v) is 4.01. The Morgan fingerprint density at radius 1 is 0.971 bits per heavy atom. The minimum absolute atomic E-state index is 0.0836. The Morgan fingerprint density at radius 2 is 1.65 bits per heavy atom. The molecular weight excluding hydrogens is 426 g/mol. The summed E-state index contributed by atoms with van der Waals surface area (Å²) in [6.45, 7) is 2.87. The predicted molar refractivity (Wildman–Crippen MR) is 137 cm³/mol. The predicted octanol–water partition coefficient (Wildman–Crippen LogP) is 4.18. The number of carbonyl (C=O) groups is 1. The van der Waals surface area contributed by atoms with E-state index in [4.69, 9.17) is 10.5 Å². The topological polar surface area (TPSA) is 86.3 Å². The molecule has 0 fully saturated rings. The van der Waals surface area contributed by atoms with E-state index in [1.807, 2.05) is 36.4 Å². The number of aryl methyl sites for hydroxylation is 1. The molecule has 0 saturated heterocycles. The lowest BCUT2D eigenvalue weighted by molar-refractivity contribution is 0.0952. The number of aromatic nitrogens is 1. The number of amides is 1. The van der Waals surface area contributed by atoms with E-state index in [2.05, 4.69) is 36.5 Å². The molecule has 0 aliphatic carbocycles. The van der Waals surface area contributed by atoms with Gasteiger partial charge in [0.2, 0.25) is 0 Å². The quantitative estimate of drug-likeness (QED) is 0.390. The number of nitrogens with two attached hydrogens (primary N) is 1. The van der Waals surface area contributed by atoms with E-state index in [1.165, 1.54) is 5.56 Å². The molecule has 6 heteroatoms. The van der Waals surface area contributed by atoms with E-state index in [-0.39, 0.29) is 11.1 Å². The number of hydrogen-bond acceptors (Lipinski definition) is 4. The van der Waals surface area contributed by atoms with Crippen molar-refractivity contribution in [3.63, 3.8) is 0 Å². The molecule has 0 aliphatic heterocycles. The fraction of sp³-hybridized carbons (Fsp3) is 0.214. The molecule has 1 aromatic heterocycles. The first kappa shape index (κ1) is 23.1. The molecule has 3 aromatic carbocycles. The van der Waals surface area contributed by atoms with Crippen LogP contribution in [0.25, 0.3) is 10.9 Å². The number of carbonyl (C=O) groups excluding carboxylic acids is 1. The maximum absolute atomic E-state index is 13.4. The van der Waals surface area contributed by atoms with Crippen LogP contribution in [0.2, 0.25) is 0 Å². The Bertz CT molecular complexity index is 1360. The summed E-state index contributed by atoms with van der Waals surface area (Å²) in [7, 11) is 1.61. The maximum atomic E-state index is 13.4. The van der Waals surface area contributed by atoms with Crippen LogP contribution in [0.4, 0.5) is 5.69 Å². The zero-order chi connectivity index (χ0) is 24.1. The van der Waals surface area contributed by atoms with Gasteiger partial charge in [0.15, 0.2) is 0 Å². The van der Waals surface area contributed by atoms with E-state index in [0.717, 1.165) is 23.3 Å². The average molecular weight is 456 g/mol. The number of methoxy groups -OCH3 is 1. The number of anilines is 1. The van der Waals surface area contributed by atoms with Crippen molar-refractivity contribution >= 4 is 22.5 Å². The van der Waals surface area contributed by atoms with Gasteiger partial charge in [-0.1, -0.05) is 49.4 Å². The number of ether oxygens (including phenoxy) is 1. The lowest BCUT2D eigenvalue weighted by Gasteiger charge is -2.15. The summed E-state index contributed by atoms with van der Waals surface area (Å²) in [6, 6.07) is 22.9. The van der Waals surface area contributed by atoms with Crippen molar-refractivity contribution in [3.8, 4) is 5.75 Å². The molecule has 0 atom stereocenters. The van der Waals surface area contributed by atoms with Gasteiger partial charge in [0.05, 0.1) is 19.2 Å². The first-order chi connectivity index (χ1) is 16.5. The molecule has 0 unspecified atom stereocenters. The summed E-state index contributed by atoms with van der Waals surface area (Å²) in [5.41, 5.74) is 10.5. The molecular formula is C28H29N3O3. The second-order valence-electron chi connectivity index (χ2n) is 8.25. The van der Waals surface area contributed by atoms with Crippen molar-refractivity contribution in [2.45, 2.75) is 26.3 Å². The Balaban J connectivity index is 1.61. The van der Waals surface area contributed by atoms with Crippen LogP contribution in [0.1, 0.15) is 34.0 Å². The Kier molecular flexibility index (Phi) is 6.97. The largest absolute Gasteiger partial charge is 0.497 e. The van der Waals surface area contributed by atoms with Crippen LogP contribution < -0.4 is 21.3 Å². The van der Waals surface area contributed by atoms with Crippen molar-refractivity contribution in [1.29, 1.82) is 0 Å². The van der Waals surface area contributed by atoms with Gasteiger partial charge in [0.1, 0.15) is 11.3 Å². The molecule has 0 aliphatic rings. The van der Waals surface area contributed by atoms with Crippen molar-refractivity contribution in [3.05, 3.63) is 105 Å². The molecule has 0 spiro atoms. The minimum atomic E-state index is -0.399. The SMILES string of the molecule is CCc1ccc(CCNC(=O)c2cc3c(N)cccc3n(Cc3ccc(OC)cc3)c2=O)cc1. The van der Waals surface area contributed by atoms with Gasteiger partial charge in [-0.15, -0.1) is 0 Å². The normalized spacial score (nSPS) is 10.9. The molecule has 34 heavy (non-hydrogen) atoms. The smallest absolute Gasteiger partial charge is 0.264 e. The molecule has 1 amide bonds. The highest BCUT2D eigenvalue weighted by molar-refractivity contribution is 6.00. The molecule has 1 heterocycles. The summed E-state index contributed by atoms with van der Waals surface area (Å²) in [5, 5.41) is 3.57. The zero-order valence-corrected chi connectivity index (χ0v) is 19.5. The van der Waals surface area contributed by atoms with E-state index < -0.39 is 5.91 Å². The molecule has 6 nitrogen and oxygen atoms in total. The van der Waals surface area contributed by atoms with Crippen molar-refractivity contribution in [2.24, 2.45) is 0 Å². The van der Waals surface area contributed by atoms with Crippen LogP contribution in [-0.4, -0.2) is 24.1 Å². The first-order valence-electron chi connectivity index (χ1n) is 11.4. The van der Waals surface area contributed by atoms with Gasteiger partial charge < -0.3 is 20.4 Å². The summed E-state index contributed by atoms with van der Waals surface area (Å²) in [4.78, 5) is 26.4. The molecule has 174 valence electrons. The summed E-state index contributed by atoms with van der Waals surface area (Å²) < 4.78 is 6.83. The lowest BCUT2D eigenvalue weighted by Crippen LogP contribution is -2.34. The maximum Gasteiger partial charge on any atom is 0.264 e. The number of rotatable bonds is 8. The van der Waals surface area contributed by atoms with E-state index in [1.54, 1.807) is 23.8 Å². The van der Waals surface area contributed by atoms with E-state index in [0.29, 0.717) is 36.1 Å². The van der Waals surface area contributed by atoms with Gasteiger partial charge in [-0.05, 0) is 59.9 Å². The third-order valence-corrected chi connectivity index (χ3v) is 6.05. The van der Waals surface area contributed by atoms with Crippen LogP contribution in [-0.2, 0) is 19.4 Å². The van der Waals surface area contributed by atoms with Gasteiger partial charge in [0, 0.05) is 17.6 Å². The van der Waals surface area contributed by atoms with Crippen LogP contribution in [0.5, 0.6) is 5.75 Å². The second kappa shape index (κ2) is 10.3. The lowest BCUT2D eigenvalue weighted by atomic mass is 10.1. The van der Waals surface area contributed by atoms with Crippen molar-refractivity contribution in [2.75, 3.05) is 19.4 Å². The third kappa shape index (κ3) is 4.96. The van der Waals surface area contributed by atoms with E-state index in [9.17, 15) is 9.59 Å². The molecule has 3 N–H and O–H groups in total. The number of hydrogen-bond donors (Lipinski definition) is 2. The number of fused-ring (bicyclic) bond motifs is 1. The number of benzene rings is 3. The number of nitrogens with zero attached hydrogens (tertiary/aromatic N) is 1. The summed E-state index contributed by atoms with van der Waals surface area (Å²) in [6.07, 6.45) is 1.68. The number of nitrogen functional groups attached to an aromatic ring is 1. The highest BCUT2D eigenvalue weighted by Gasteiger charge is 2.17. The molecule has 0 saturated carbocycles. The van der Waals surface area contributed by atoms with Crippen LogP contribution >= 0.6 is 0 Å². The van der Waals surface area contributed by atoms with Gasteiger partial charge in [-0.3, -0.25) is 9.59 Å². The second-order valence-corrected chi connectivity index (χ2v) is 8.25. The van der Waals surface area contributed by atoms with Crippen LogP contribution in [0, 0.1) is 0 Å². The Morgan fingerprint density at radius 3 is 2.32 bits per heavy atom. The Hall–Kier alpha value is -4.06. The molecule has 0 bridgehead atoms. The summed E-state index contributed by atoms with van der Waals surface area (Å²) >= 11 is 0. The van der Waals surface area contributed by atoms with Gasteiger partial charge in [0.25, 0.3) is 11.5 Å². The first-order valence-corrected chi connectivity index (χ1v) is 11.4. The highest BCUT2D eigenvalue weighted by Crippen LogP contribution is 2.22. The molecule has 4 rings (SSSR count). The Labute approximate surface area is 199 Å². The summed E-state index contributed by atoms with van der Waals surface area (Å²) in [5.74, 6) is 0.339. The molecule has 4 aromatic rings. The highest BCUT2D eigenvalue weighted by atomic mass is 16.5.